The number of aromatic amines is 2. The molecule has 0 fully saturated rings. The molecule has 0 aliphatic carbocycles. The fourth-order valence-electron chi connectivity index (χ4n) is 3.86. The number of aryl methyl sites for hydroxylation is 1. The summed E-state index contributed by atoms with van der Waals surface area (Å²) >= 11 is 0. The van der Waals surface area contributed by atoms with Crippen LogP contribution in [0.15, 0.2) is 66.1 Å². The van der Waals surface area contributed by atoms with Crippen LogP contribution in [-0.4, -0.2) is 36.2 Å². The number of fused-ring (bicyclic) bond motifs is 1. The van der Waals surface area contributed by atoms with Gasteiger partial charge in [-0.2, -0.15) is 0 Å². The molecule has 0 saturated carbocycles. The number of aliphatic hydroxyl groups is 1. The summed E-state index contributed by atoms with van der Waals surface area (Å²) < 4.78 is 28.6. The van der Waals surface area contributed by atoms with Gasteiger partial charge in [0, 0.05) is 30.8 Å². The Balaban J connectivity index is 1.48. The van der Waals surface area contributed by atoms with Crippen molar-refractivity contribution in [3.63, 3.8) is 0 Å². The molecule has 0 aliphatic rings. The van der Waals surface area contributed by atoms with Crippen molar-refractivity contribution in [1.82, 2.24) is 24.5 Å². The van der Waals surface area contributed by atoms with Crippen LogP contribution >= 0.6 is 0 Å². The van der Waals surface area contributed by atoms with Gasteiger partial charge in [0.2, 0.25) is 0 Å². The van der Waals surface area contributed by atoms with Crippen molar-refractivity contribution in [3.8, 4) is 17.1 Å². The second kappa shape index (κ2) is 8.56. The van der Waals surface area contributed by atoms with Crippen LogP contribution < -0.4 is 10.9 Å². The van der Waals surface area contributed by atoms with Gasteiger partial charge in [-0.15, -0.1) is 0 Å². The third-order valence-electron chi connectivity index (χ3n) is 5.58. The Hall–Kier alpha value is -4.31. The molecule has 2 aromatic carbocycles. The number of halogens is 2. The zero-order valence-electron chi connectivity index (χ0n) is 18.0. The second-order valence-corrected chi connectivity index (χ2v) is 7.88. The predicted octanol–water partition coefficient (Wildman–Crippen LogP) is 3.84. The summed E-state index contributed by atoms with van der Waals surface area (Å²) in [4.78, 5) is 27.3. The standard InChI is InChI=1S/C24H20F2N6O2/c1-13-8-15(32-7-6-27-12-32)10-19-22(13)31-23(30-19)21-18(4-5-28-24(21)34)29-11-20(33)14-2-3-16(25)17(26)9-14/h2-10,12,20,33H,11H2,1H3,(H,30,31)(H2,28,29,34). The van der Waals surface area contributed by atoms with Gasteiger partial charge in [-0.05, 0) is 48.4 Å². The number of nitrogens with one attached hydrogen (secondary N) is 3. The molecule has 0 bridgehead atoms. The minimum atomic E-state index is -1.13. The molecule has 5 aromatic rings. The van der Waals surface area contributed by atoms with Crippen molar-refractivity contribution >= 4 is 16.7 Å². The number of anilines is 1. The Labute approximate surface area is 192 Å². The minimum absolute atomic E-state index is 0.0362. The Morgan fingerprint density at radius 3 is 2.79 bits per heavy atom. The van der Waals surface area contributed by atoms with Gasteiger partial charge in [-0.3, -0.25) is 4.79 Å². The summed E-state index contributed by atoms with van der Waals surface area (Å²) in [6.07, 6.45) is 5.57. The largest absolute Gasteiger partial charge is 0.387 e. The highest BCUT2D eigenvalue weighted by atomic mass is 19.2. The number of imidazole rings is 2. The van der Waals surface area contributed by atoms with Crippen LogP contribution in [0.25, 0.3) is 28.1 Å². The quantitative estimate of drug-likeness (QED) is 0.306. The first-order valence-corrected chi connectivity index (χ1v) is 10.5. The summed E-state index contributed by atoms with van der Waals surface area (Å²) in [7, 11) is 0. The lowest BCUT2D eigenvalue weighted by atomic mass is 10.1. The molecule has 172 valence electrons. The average Bonchev–Trinajstić information content (AvgIpc) is 3.49. The third-order valence-corrected chi connectivity index (χ3v) is 5.58. The van der Waals surface area contributed by atoms with E-state index >= 15 is 0 Å². The van der Waals surface area contributed by atoms with Gasteiger partial charge in [0.25, 0.3) is 5.56 Å². The summed E-state index contributed by atoms with van der Waals surface area (Å²) in [5.41, 5.74) is 3.80. The lowest BCUT2D eigenvalue weighted by Crippen LogP contribution is -2.17. The van der Waals surface area contributed by atoms with Crippen molar-refractivity contribution in [2.24, 2.45) is 0 Å². The number of rotatable bonds is 6. The summed E-state index contributed by atoms with van der Waals surface area (Å²) in [6, 6.07) is 8.75. The molecule has 0 saturated heterocycles. The van der Waals surface area contributed by atoms with E-state index in [0.717, 1.165) is 34.4 Å². The van der Waals surface area contributed by atoms with Crippen LogP contribution in [0.2, 0.25) is 0 Å². The van der Waals surface area contributed by atoms with Crippen LogP contribution in [0.5, 0.6) is 0 Å². The zero-order valence-corrected chi connectivity index (χ0v) is 18.0. The first-order valence-electron chi connectivity index (χ1n) is 10.5. The molecule has 1 atom stereocenters. The number of nitrogens with zero attached hydrogens (tertiary/aromatic N) is 3. The molecular weight excluding hydrogens is 442 g/mol. The van der Waals surface area contributed by atoms with Crippen LogP contribution in [0.3, 0.4) is 0 Å². The van der Waals surface area contributed by atoms with Crippen molar-refractivity contribution in [2.45, 2.75) is 13.0 Å². The van der Waals surface area contributed by atoms with Gasteiger partial charge >= 0.3 is 0 Å². The van der Waals surface area contributed by atoms with Gasteiger partial charge < -0.3 is 25.0 Å². The van der Waals surface area contributed by atoms with Gasteiger partial charge in [0.15, 0.2) is 11.6 Å². The van der Waals surface area contributed by atoms with Crippen molar-refractivity contribution in [1.29, 1.82) is 0 Å². The third kappa shape index (κ3) is 3.95. The van der Waals surface area contributed by atoms with Crippen LogP contribution in [-0.2, 0) is 0 Å². The number of aromatic nitrogens is 5. The van der Waals surface area contributed by atoms with Crippen LogP contribution in [0, 0.1) is 18.6 Å². The molecule has 0 aliphatic heterocycles. The van der Waals surface area contributed by atoms with E-state index in [9.17, 15) is 18.7 Å². The Morgan fingerprint density at radius 1 is 1.18 bits per heavy atom. The molecule has 4 N–H and O–H groups in total. The molecule has 3 aromatic heterocycles. The maximum absolute atomic E-state index is 13.5. The molecule has 3 heterocycles. The molecule has 0 radical (unpaired) electrons. The van der Waals surface area contributed by atoms with Gasteiger partial charge in [0.1, 0.15) is 11.4 Å². The second-order valence-electron chi connectivity index (χ2n) is 7.88. The molecule has 34 heavy (non-hydrogen) atoms. The van der Waals surface area contributed by atoms with Gasteiger partial charge in [0.05, 0.1) is 29.2 Å². The molecule has 8 nitrogen and oxygen atoms in total. The fraction of sp³-hybridized carbons (Fsp3) is 0.125. The number of H-pyrrole nitrogens is 2. The lowest BCUT2D eigenvalue weighted by molar-refractivity contribution is 0.191. The van der Waals surface area contributed by atoms with E-state index in [4.69, 9.17) is 0 Å². The summed E-state index contributed by atoms with van der Waals surface area (Å²) in [6.45, 7) is 1.89. The van der Waals surface area contributed by atoms with Gasteiger partial charge in [-0.25, -0.2) is 18.7 Å². The highest BCUT2D eigenvalue weighted by Crippen LogP contribution is 2.28. The van der Waals surface area contributed by atoms with Gasteiger partial charge in [-0.1, -0.05) is 6.07 Å². The smallest absolute Gasteiger partial charge is 0.261 e. The normalized spacial score (nSPS) is 12.2. The maximum Gasteiger partial charge on any atom is 0.261 e. The monoisotopic (exact) mass is 462 g/mol. The minimum Gasteiger partial charge on any atom is -0.387 e. The molecule has 0 amide bonds. The zero-order chi connectivity index (χ0) is 23.8. The predicted molar refractivity (Wildman–Crippen MR) is 124 cm³/mol. The van der Waals surface area contributed by atoms with Crippen molar-refractivity contribution < 1.29 is 13.9 Å². The van der Waals surface area contributed by atoms with E-state index in [-0.39, 0.29) is 23.2 Å². The number of hydrogen-bond donors (Lipinski definition) is 4. The average molecular weight is 462 g/mol. The molecule has 5 rings (SSSR count). The van der Waals surface area contributed by atoms with Crippen molar-refractivity contribution in [3.05, 3.63) is 94.4 Å². The highest BCUT2D eigenvalue weighted by molar-refractivity contribution is 5.86. The van der Waals surface area contributed by atoms with E-state index in [1.165, 1.54) is 12.3 Å². The molecule has 1 unspecified atom stereocenters. The van der Waals surface area contributed by atoms with E-state index < -0.39 is 17.7 Å². The molecule has 10 heteroatoms. The van der Waals surface area contributed by atoms with E-state index in [1.807, 2.05) is 29.8 Å². The van der Waals surface area contributed by atoms with E-state index in [0.29, 0.717) is 11.5 Å². The maximum atomic E-state index is 13.5. The molecule has 0 spiro atoms. The van der Waals surface area contributed by atoms with Crippen LogP contribution in [0.1, 0.15) is 17.2 Å². The topological polar surface area (TPSA) is 112 Å². The lowest BCUT2D eigenvalue weighted by Gasteiger charge is -2.15. The first-order chi connectivity index (χ1) is 16.4. The summed E-state index contributed by atoms with van der Waals surface area (Å²) in [5.74, 6) is -1.68. The molecular formula is C24H20F2N6O2. The Bertz CT molecular complexity index is 1540. The number of pyridine rings is 1. The fourth-order valence-corrected chi connectivity index (χ4v) is 3.86. The highest BCUT2D eigenvalue weighted by Gasteiger charge is 2.17. The number of benzene rings is 2. The Morgan fingerprint density at radius 2 is 2.03 bits per heavy atom. The van der Waals surface area contributed by atoms with Crippen molar-refractivity contribution in [2.75, 3.05) is 11.9 Å². The number of hydrogen-bond acceptors (Lipinski definition) is 5. The Kier molecular flexibility index (Phi) is 5.42. The summed E-state index contributed by atoms with van der Waals surface area (Å²) in [5, 5.41) is 13.5. The van der Waals surface area contributed by atoms with E-state index in [1.54, 1.807) is 18.6 Å². The van der Waals surface area contributed by atoms with Crippen LogP contribution in [0.4, 0.5) is 14.5 Å². The first kappa shape index (κ1) is 21.5. The SMILES string of the molecule is Cc1cc(-n2ccnc2)cc2[nH]c(-c3c(NCC(O)c4ccc(F)c(F)c4)cc[nH]c3=O)nc12. The number of aliphatic hydroxyl groups excluding tert-OH is 1. The van der Waals surface area contributed by atoms with E-state index in [2.05, 4.69) is 25.3 Å².